The average molecular weight is 465 g/mol. The first kappa shape index (κ1) is 22.3. The van der Waals surface area contributed by atoms with Crippen LogP contribution in [-0.2, 0) is 21.4 Å². The molecule has 10 heteroatoms. The Kier molecular flexibility index (Phi) is 6.52. The van der Waals surface area contributed by atoms with Crippen LogP contribution < -0.4 is 19.5 Å². The number of hydrogen-bond acceptors (Lipinski definition) is 6. The number of piperidine rings is 1. The van der Waals surface area contributed by atoms with Crippen LogP contribution in [0.15, 0.2) is 41.3 Å². The molecule has 0 radical (unpaired) electrons. The number of benzene rings is 2. The van der Waals surface area contributed by atoms with E-state index in [-0.39, 0.29) is 42.1 Å². The molecule has 2 heterocycles. The van der Waals surface area contributed by atoms with Gasteiger partial charge in [0, 0.05) is 31.6 Å². The van der Waals surface area contributed by atoms with Crippen molar-refractivity contribution in [3.8, 4) is 17.2 Å². The molecule has 2 aliphatic rings. The normalized spacial score (nSPS) is 17.1. The van der Waals surface area contributed by atoms with E-state index in [9.17, 15) is 17.6 Å². The summed E-state index contributed by atoms with van der Waals surface area (Å²) < 4.78 is 57.1. The van der Waals surface area contributed by atoms with Gasteiger partial charge in [0.05, 0.1) is 12.0 Å². The van der Waals surface area contributed by atoms with Gasteiger partial charge in [-0.05, 0) is 42.7 Å². The van der Waals surface area contributed by atoms with E-state index in [0.717, 1.165) is 0 Å². The Labute approximate surface area is 186 Å². The molecule has 0 spiro atoms. The zero-order chi connectivity index (χ0) is 22.7. The van der Waals surface area contributed by atoms with Crippen LogP contribution >= 0.6 is 0 Å². The number of methoxy groups -OCH3 is 1. The van der Waals surface area contributed by atoms with Crippen molar-refractivity contribution >= 4 is 15.9 Å². The number of fused-ring (bicyclic) bond motifs is 1. The fourth-order valence-corrected chi connectivity index (χ4v) is 5.33. The molecule has 1 N–H and O–H groups in total. The average Bonchev–Trinajstić information content (AvgIpc) is 2.82. The molecule has 2 aromatic carbocycles. The molecule has 32 heavy (non-hydrogen) atoms. The molecule has 0 aromatic heterocycles. The van der Waals surface area contributed by atoms with Gasteiger partial charge in [-0.1, -0.05) is 6.07 Å². The molecule has 4 rings (SSSR count). The quantitative estimate of drug-likeness (QED) is 0.705. The van der Waals surface area contributed by atoms with Gasteiger partial charge in [0.1, 0.15) is 13.2 Å². The third kappa shape index (κ3) is 4.66. The van der Waals surface area contributed by atoms with E-state index in [1.54, 1.807) is 12.1 Å². The Balaban J connectivity index is 1.33. The number of rotatable bonds is 6. The van der Waals surface area contributed by atoms with Crippen LogP contribution in [0, 0.1) is 11.7 Å². The Morgan fingerprint density at radius 2 is 1.84 bits per heavy atom. The predicted octanol–water partition coefficient (Wildman–Crippen LogP) is 2.32. The van der Waals surface area contributed by atoms with E-state index < -0.39 is 15.8 Å². The molecule has 0 saturated carbocycles. The summed E-state index contributed by atoms with van der Waals surface area (Å²) in [6, 6.07) is 9.11. The summed E-state index contributed by atoms with van der Waals surface area (Å²) in [6.45, 7) is 1.48. The molecule has 1 fully saturated rings. The third-order valence-corrected chi connectivity index (χ3v) is 7.55. The van der Waals surface area contributed by atoms with Gasteiger partial charge in [0.15, 0.2) is 23.1 Å². The third-order valence-electron chi connectivity index (χ3n) is 5.66. The Morgan fingerprint density at radius 3 is 2.53 bits per heavy atom. The van der Waals surface area contributed by atoms with Gasteiger partial charge in [0.2, 0.25) is 15.9 Å². The van der Waals surface area contributed by atoms with Crippen molar-refractivity contribution in [1.82, 2.24) is 9.62 Å². The molecule has 0 aliphatic carbocycles. The van der Waals surface area contributed by atoms with Gasteiger partial charge in [-0.2, -0.15) is 4.31 Å². The first-order chi connectivity index (χ1) is 15.4. The fourth-order valence-electron chi connectivity index (χ4n) is 3.84. The topological polar surface area (TPSA) is 94.2 Å². The maximum absolute atomic E-state index is 13.8. The van der Waals surface area contributed by atoms with Crippen molar-refractivity contribution < 1.29 is 31.8 Å². The van der Waals surface area contributed by atoms with E-state index in [1.165, 1.54) is 35.7 Å². The second-order valence-electron chi connectivity index (χ2n) is 7.67. The van der Waals surface area contributed by atoms with E-state index >= 15 is 0 Å². The van der Waals surface area contributed by atoms with Gasteiger partial charge < -0.3 is 19.5 Å². The minimum Gasteiger partial charge on any atom is -0.494 e. The smallest absolute Gasteiger partial charge is 0.243 e. The van der Waals surface area contributed by atoms with Crippen LogP contribution in [0.4, 0.5) is 4.39 Å². The summed E-state index contributed by atoms with van der Waals surface area (Å²) >= 11 is 0. The highest BCUT2D eigenvalue weighted by Crippen LogP contribution is 2.34. The molecule has 0 atom stereocenters. The van der Waals surface area contributed by atoms with Gasteiger partial charge in [-0.3, -0.25) is 4.79 Å². The number of nitrogens with one attached hydrogen (secondary N) is 1. The molecule has 2 aromatic rings. The summed E-state index contributed by atoms with van der Waals surface area (Å²) in [7, 11) is -2.31. The zero-order valence-electron chi connectivity index (χ0n) is 17.7. The molecule has 2 aliphatic heterocycles. The van der Waals surface area contributed by atoms with Crippen molar-refractivity contribution in [2.45, 2.75) is 24.3 Å². The van der Waals surface area contributed by atoms with E-state index in [4.69, 9.17) is 14.2 Å². The van der Waals surface area contributed by atoms with E-state index in [2.05, 4.69) is 5.32 Å². The fraction of sp³-hybridized carbons (Fsp3) is 0.409. The summed E-state index contributed by atoms with van der Waals surface area (Å²) in [5.41, 5.74) is 0.621. The molecule has 8 nitrogen and oxygen atoms in total. The number of hydrogen-bond donors (Lipinski definition) is 1. The lowest BCUT2D eigenvalue weighted by atomic mass is 9.97. The largest absolute Gasteiger partial charge is 0.494 e. The first-order valence-corrected chi connectivity index (χ1v) is 11.8. The molecular weight excluding hydrogens is 439 g/mol. The summed E-state index contributed by atoms with van der Waals surface area (Å²) in [5.74, 6) is 0.134. The van der Waals surface area contributed by atoms with Crippen molar-refractivity contribution in [2.24, 2.45) is 5.92 Å². The lowest BCUT2D eigenvalue weighted by Gasteiger charge is -2.31. The number of carbonyl (C=O) groups is 1. The Bertz CT molecular complexity index is 1100. The van der Waals surface area contributed by atoms with Crippen LogP contribution in [0.25, 0.3) is 0 Å². The van der Waals surface area contributed by atoms with Crippen molar-refractivity contribution in [1.29, 1.82) is 0 Å². The van der Waals surface area contributed by atoms with Gasteiger partial charge in [-0.15, -0.1) is 0 Å². The van der Waals surface area contributed by atoms with Gasteiger partial charge >= 0.3 is 0 Å². The van der Waals surface area contributed by atoms with Crippen molar-refractivity contribution in [3.05, 3.63) is 47.8 Å². The van der Waals surface area contributed by atoms with E-state index in [0.29, 0.717) is 43.1 Å². The van der Waals surface area contributed by atoms with E-state index in [1.807, 2.05) is 0 Å². The van der Waals surface area contributed by atoms with Crippen LogP contribution in [0.5, 0.6) is 17.2 Å². The molecule has 1 amide bonds. The van der Waals surface area contributed by atoms with Gasteiger partial charge in [0.25, 0.3) is 0 Å². The highest BCUT2D eigenvalue weighted by molar-refractivity contribution is 7.89. The first-order valence-electron chi connectivity index (χ1n) is 10.4. The Hall–Kier alpha value is -2.85. The molecular formula is C22H25FN2O6S. The lowest BCUT2D eigenvalue weighted by Crippen LogP contribution is -2.42. The second kappa shape index (κ2) is 9.33. The number of carbonyl (C=O) groups excluding carboxylic acids is 1. The zero-order valence-corrected chi connectivity index (χ0v) is 18.5. The number of ether oxygens (including phenoxy) is 3. The monoisotopic (exact) mass is 464 g/mol. The maximum Gasteiger partial charge on any atom is 0.243 e. The standard InChI is InChI=1S/C22H25FN2O6S/c1-29-19-4-2-15(12-18(19)23)14-24-22(26)16-6-8-25(9-7-16)32(27,28)17-3-5-20-21(13-17)31-11-10-30-20/h2-5,12-13,16H,6-11,14H2,1H3,(H,24,26). The van der Waals surface area contributed by atoms with Crippen LogP contribution in [0.3, 0.4) is 0 Å². The molecule has 1 saturated heterocycles. The second-order valence-corrected chi connectivity index (χ2v) is 9.61. The number of nitrogens with zero attached hydrogens (tertiary/aromatic N) is 1. The van der Waals surface area contributed by atoms with Crippen molar-refractivity contribution in [3.63, 3.8) is 0 Å². The van der Waals surface area contributed by atoms with Crippen molar-refractivity contribution in [2.75, 3.05) is 33.4 Å². The van der Waals surface area contributed by atoms with Crippen LogP contribution in [0.2, 0.25) is 0 Å². The highest BCUT2D eigenvalue weighted by atomic mass is 32.2. The van der Waals surface area contributed by atoms with Crippen LogP contribution in [-0.4, -0.2) is 52.0 Å². The minimum absolute atomic E-state index is 0.145. The van der Waals surface area contributed by atoms with Gasteiger partial charge in [-0.25, -0.2) is 12.8 Å². The minimum atomic E-state index is -3.70. The lowest BCUT2D eigenvalue weighted by molar-refractivity contribution is -0.126. The molecule has 172 valence electrons. The summed E-state index contributed by atoms with van der Waals surface area (Å²) in [6.07, 6.45) is 0.819. The number of halogens is 1. The number of amides is 1. The summed E-state index contributed by atoms with van der Waals surface area (Å²) in [4.78, 5) is 12.7. The maximum atomic E-state index is 13.8. The molecule has 0 unspecified atom stereocenters. The highest BCUT2D eigenvalue weighted by Gasteiger charge is 2.32. The SMILES string of the molecule is COc1ccc(CNC(=O)C2CCN(S(=O)(=O)c3ccc4c(c3)OCCO4)CC2)cc1F. The van der Waals surface area contributed by atoms with Crippen LogP contribution in [0.1, 0.15) is 18.4 Å². The predicted molar refractivity (Wildman–Crippen MR) is 114 cm³/mol. The number of sulfonamides is 1. The molecule has 0 bridgehead atoms. The Morgan fingerprint density at radius 1 is 1.12 bits per heavy atom. The summed E-state index contributed by atoms with van der Waals surface area (Å²) in [5, 5.41) is 2.81.